The van der Waals surface area contributed by atoms with Crippen molar-refractivity contribution in [1.82, 2.24) is 0 Å². The second-order valence-electron chi connectivity index (χ2n) is 13.4. The van der Waals surface area contributed by atoms with Gasteiger partial charge >= 0.3 is 0 Å². The van der Waals surface area contributed by atoms with Crippen molar-refractivity contribution in [3.05, 3.63) is 11.6 Å². The fourth-order valence-corrected chi connectivity index (χ4v) is 8.94. The molecule has 0 radical (unpaired) electrons. The summed E-state index contributed by atoms with van der Waals surface area (Å²) >= 11 is 0. The van der Waals surface area contributed by atoms with E-state index in [1.54, 1.807) is 7.11 Å². The van der Waals surface area contributed by atoms with E-state index in [0.29, 0.717) is 29.5 Å². The predicted octanol–water partition coefficient (Wildman–Crippen LogP) is 7.28. The largest absolute Gasteiger partial charge is 0.390 e. The highest BCUT2D eigenvalue weighted by molar-refractivity contribution is 5.91. The van der Waals surface area contributed by atoms with Crippen LogP contribution in [0, 0.1) is 34.5 Å². The Hall–Kier alpha value is -0.710. The van der Waals surface area contributed by atoms with Crippen LogP contribution in [-0.2, 0) is 14.3 Å². The van der Waals surface area contributed by atoms with E-state index in [9.17, 15) is 9.90 Å². The van der Waals surface area contributed by atoms with E-state index >= 15 is 0 Å². The number of ether oxygens (including phenoxy) is 2. The molecule has 0 saturated heterocycles. The molecule has 0 aromatic heterocycles. The molecule has 4 rings (SSSR count). The lowest BCUT2D eigenvalue weighted by molar-refractivity contribution is -0.135. The zero-order valence-electron chi connectivity index (χ0n) is 23.8. The molecule has 3 fully saturated rings. The average molecular weight is 503 g/mol. The lowest BCUT2D eigenvalue weighted by atomic mass is 9.44. The van der Waals surface area contributed by atoms with Crippen molar-refractivity contribution < 1.29 is 19.4 Å². The van der Waals surface area contributed by atoms with Gasteiger partial charge in [0.1, 0.15) is 0 Å². The Labute approximate surface area is 221 Å². The maximum Gasteiger partial charge on any atom is 0.155 e. The molecule has 7 atom stereocenters. The summed E-state index contributed by atoms with van der Waals surface area (Å²) in [5, 5.41) is 11.4. The molecule has 0 bridgehead atoms. The zero-order valence-corrected chi connectivity index (χ0v) is 23.8. The number of unbranched alkanes of at least 4 members (excludes halogenated alkanes) is 5. The van der Waals surface area contributed by atoms with Gasteiger partial charge in [0.15, 0.2) is 5.78 Å². The highest BCUT2D eigenvalue weighted by Crippen LogP contribution is 2.69. The number of hydrogen-bond donors (Lipinski definition) is 1. The Balaban J connectivity index is 1.31. The summed E-state index contributed by atoms with van der Waals surface area (Å²) in [6.45, 7) is 9.57. The van der Waals surface area contributed by atoms with Crippen LogP contribution in [0.3, 0.4) is 0 Å². The topological polar surface area (TPSA) is 55.8 Å². The number of hydrogen-bond acceptors (Lipinski definition) is 4. The van der Waals surface area contributed by atoms with Gasteiger partial charge < -0.3 is 14.6 Å². The van der Waals surface area contributed by atoms with Crippen molar-refractivity contribution in [2.45, 2.75) is 123 Å². The fraction of sp³-hybridized carbons (Fsp3) is 0.906. The maximum atomic E-state index is 12.4. The van der Waals surface area contributed by atoms with Crippen molar-refractivity contribution in [2.24, 2.45) is 34.5 Å². The van der Waals surface area contributed by atoms with Crippen LogP contribution in [0.4, 0.5) is 0 Å². The molecule has 4 nitrogen and oxygen atoms in total. The summed E-state index contributed by atoms with van der Waals surface area (Å²) in [5.41, 5.74) is 1.20. The minimum Gasteiger partial charge on any atom is -0.390 e. The first-order valence-electron chi connectivity index (χ1n) is 15.3. The van der Waals surface area contributed by atoms with Crippen molar-refractivity contribution in [2.75, 3.05) is 26.9 Å². The van der Waals surface area contributed by atoms with Crippen LogP contribution in [0.2, 0.25) is 0 Å². The molecule has 0 aromatic carbocycles. The lowest BCUT2D eigenvalue weighted by Gasteiger charge is -2.61. The molecule has 4 aliphatic carbocycles. The summed E-state index contributed by atoms with van der Waals surface area (Å²) in [5.74, 6) is 3.05. The van der Waals surface area contributed by atoms with Crippen LogP contribution >= 0.6 is 0 Å². The van der Waals surface area contributed by atoms with Gasteiger partial charge in [0.05, 0.1) is 5.60 Å². The van der Waals surface area contributed by atoms with Gasteiger partial charge in [-0.05, 0) is 112 Å². The second kappa shape index (κ2) is 12.0. The van der Waals surface area contributed by atoms with Crippen LogP contribution in [0.15, 0.2) is 11.6 Å². The molecule has 4 aliphatic rings. The first-order chi connectivity index (χ1) is 17.2. The molecule has 2 unspecified atom stereocenters. The van der Waals surface area contributed by atoms with Gasteiger partial charge in [-0.3, -0.25) is 4.79 Å². The van der Waals surface area contributed by atoms with Gasteiger partial charge in [-0.1, -0.05) is 45.1 Å². The molecule has 1 N–H and O–H groups in total. The van der Waals surface area contributed by atoms with Gasteiger partial charge in [-0.15, -0.1) is 0 Å². The van der Waals surface area contributed by atoms with E-state index in [1.165, 1.54) is 56.9 Å². The third-order valence-electron chi connectivity index (χ3n) is 11.4. The average Bonchev–Trinajstić information content (AvgIpc) is 3.09. The smallest absolute Gasteiger partial charge is 0.155 e. The van der Waals surface area contributed by atoms with Crippen LogP contribution in [-0.4, -0.2) is 43.4 Å². The number of ketones is 1. The third-order valence-corrected chi connectivity index (χ3v) is 11.4. The SMILES string of the molecule is COCCCCOCCCCCCCC1CC2=CC(=O)CC[C@]2(C)[C@@H]2CC[C@@]3(C)[C@@H](CCC3(C)O)[C@H]12. The molecule has 0 spiro atoms. The maximum absolute atomic E-state index is 12.4. The minimum absolute atomic E-state index is 0.0536. The number of rotatable bonds is 13. The van der Waals surface area contributed by atoms with Crippen molar-refractivity contribution in [1.29, 1.82) is 0 Å². The van der Waals surface area contributed by atoms with E-state index in [4.69, 9.17) is 9.47 Å². The number of carbonyl (C=O) groups excluding carboxylic acids is 1. The molecule has 0 aromatic rings. The molecule has 0 heterocycles. The van der Waals surface area contributed by atoms with Crippen LogP contribution < -0.4 is 0 Å². The Kier molecular flexibility index (Phi) is 9.43. The van der Waals surface area contributed by atoms with Gasteiger partial charge in [-0.2, -0.15) is 0 Å². The summed E-state index contributed by atoms with van der Waals surface area (Å²) in [4.78, 5) is 12.4. The van der Waals surface area contributed by atoms with E-state index in [0.717, 1.165) is 64.8 Å². The fourth-order valence-electron chi connectivity index (χ4n) is 8.94. The zero-order chi connectivity index (χ0) is 25.8. The highest BCUT2D eigenvalue weighted by Gasteiger charge is 2.64. The third kappa shape index (κ3) is 5.66. The first kappa shape index (κ1) is 28.3. The molecule has 206 valence electrons. The predicted molar refractivity (Wildman–Crippen MR) is 146 cm³/mol. The summed E-state index contributed by atoms with van der Waals surface area (Å²) in [6.07, 6.45) is 19.2. The number of carbonyl (C=O) groups is 1. The van der Waals surface area contributed by atoms with Crippen molar-refractivity contribution in [3.63, 3.8) is 0 Å². The van der Waals surface area contributed by atoms with E-state index in [2.05, 4.69) is 26.8 Å². The van der Waals surface area contributed by atoms with Gasteiger partial charge in [0.2, 0.25) is 0 Å². The lowest BCUT2D eigenvalue weighted by Crippen LogP contribution is -2.56. The number of fused-ring (bicyclic) bond motifs is 5. The molecular formula is C32H54O4. The highest BCUT2D eigenvalue weighted by atomic mass is 16.5. The first-order valence-corrected chi connectivity index (χ1v) is 15.3. The van der Waals surface area contributed by atoms with E-state index in [1.807, 2.05) is 0 Å². The molecule has 36 heavy (non-hydrogen) atoms. The molecule has 0 amide bonds. The Morgan fingerprint density at radius 3 is 2.33 bits per heavy atom. The van der Waals surface area contributed by atoms with Gasteiger partial charge in [-0.25, -0.2) is 0 Å². The van der Waals surface area contributed by atoms with Gasteiger partial charge in [0, 0.05) is 33.4 Å². The van der Waals surface area contributed by atoms with E-state index < -0.39 is 5.60 Å². The molecule has 4 heteroatoms. The number of methoxy groups -OCH3 is 1. The Morgan fingerprint density at radius 1 is 0.889 bits per heavy atom. The van der Waals surface area contributed by atoms with E-state index in [-0.39, 0.29) is 10.8 Å². The number of aliphatic hydroxyl groups is 1. The second-order valence-corrected chi connectivity index (χ2v) is 13.4. The Morgan fingerprint density at radius 2 is 1.56 bits per heavy atom. The normalized spacial score (nSPS) is 39.9. The van der Waals surface area contributed by atoms with Crippen LogP contribution in [0.1, 0.15) is 117 Å². The standard InChI is InChI=1S/C32H54O4/c1-30-16-13-26(33)23-25(30)22-24(12-8-6-5-7-9-20-36-21-11-10-19-35-4)29-27(30)14-17-31(2)28(29)15-18-32(31,3)34/h23-24,27-29,34H,5-22H2,1-4H3/t24?,27-,28+,29-,30+,31+,32?/m1/s1. The van der Waals surface area contributed by atoms with Crippen molar-refractivity contribution in [3.8, 4) is 0 Å². The summed E-state index contributed by atoms with van der Waals surface area (Å²) in [7, 11) is 1.75. The minimum atomic E-state index is -0.529. The van der Waals surface area contributed by atoms with Crippen LogP contribution in [0.25, 0.3) is 0 Å². The molecular weight excluding hydrogens is 448 g/mol. The molecule has 0 aliphatic heterocycles. The van der Waals surface area contributed by atoms with Crippen molar-refractivity contribution >= 4 is 5.78 Å². The quantitative estimate of drug-likeness (QED) is 0.269. The Bertz CT molecular complexity index is 772. The van der Waals surface area contributed by atoms with Gasteiger partial charge in [0.25, 0.3) is 0 Å². The van der Waals surface area contributed by atoms with Crippen LogP contribution in [0.5, 0.6) is 0 Å². The number of allylic oxidation sites excluding steroid dienone is 1. The summed E-state index contributed by atoms with van der Waals surface area (Å²) in [6, 6.07) is 0. The molecule has 3 saturated carbocycles. The monoisotopic (exact) mass is 502 g/mol. The summed E-state index contributed by atoms with van der Waals surface area (Å²) < 4.78 is 10.8.